The molecule has 3 aliphatic rings. The summed E-state index contributed by atoms with van der Waals surface area (Å²) in [5.74, 6) is 0.971. The summed E-state index contributed by atoms with van der Waals surface area (Å²) in [6.07, 6.45) is 9.88. The van der Waals surface area contributed by atoms with Gasteiger partial charge in [-0.05, 0) is 58.5 Å². The zero-order valence-electron chi connectivity index (χ0n) is 14.4. The number of nitrogens with zero attached hydrogens (tertiary/aromatic N) is 2. The van der Waals surface area contributed by atoms with E-state index in [0.717, 1.165) is 24.0 Å². The number of piperazine rings is 1. The first-order valence-corrected chi connectivity index (χ1v) is 9.40. The largest absolute Gasteiger partial charge is 0.315 e. The second kappa shape index (κ2) is 6.97. The zero-order chi connectivity index (χ0) is 14.8. The Morgan fingerprint density at radius 3 is 2.76 bits per heavy atom. The van der Waals surface area contributed by atoms with Crippen LogP contribution in [0.2, 0.25) is 0 Å². The van der Waals surface area contributed by atoms with Gasteiger partial charge in [-0.25, -0.2) is 0 Å². The van der Waals surface area contributed by atoms with Crippen molar-refractivity contribution in [1.82, 2.24) is 15.1 Å². The van der Waals surface area contributed by atoms with E-state index in [-0.39, 0.29) is 0 Å². The molecule has 0 radical (unpaired) electrons. The lowest BCUT2D eigenvalue weighted by Gasteiger charge is -2.50. The van der Waals surface area contributed by atoms with E-state index in [9.17, 15) is 0 Å². The van der Waals surface area contributed by atoms with Crippen LogP contribution < -0.4 is 5.32 Å². The van der Waals surface area contributed by atoms with E-state index >= 15 is 0 Å². The van der Waals surface area contributed by atoms with E-state index in [1.165, 1.54) is 64.6 Å². The number of likely N-dealkylation sites (N-methyl/N-ethyl adjacent to an activating group) is 1. The molecule has 2 saturated heterocycles. The lowest BCUT2D eigenvalue weighted by atomic mass is 9.78. The van der Waals surface area contributed by atoms with Crippen molar-refractivity contribution >= 4 is 0 Å². The maximum absolute atomic E-state index is 3.64. The molecule has 3 nitrogen and oxygen atoms in total. The molecule has 1 saturated carbocycles. The molecule has 0 bridgehead atoms. The van der Waals surface area contributed by atoms with Gasteiger partial charge in [0.25, 0.3) is 0 Å². The highest BCUT2D eigenvalue weighted by Crippen LogP contribution is 2.34. The van der Waals surface area contributed by atoms with Crippen LogP contribution in [0.25, 0.3) is 0 Å². The number of rotatable bonds is 4. The van der Waals surface area contributed by atoms with Gasteiger partial charge in [0.1, 0.15) is 0 Å². The Hall–Kier alpha value is -0.120. The lowest BCUT2D eigenvalue weighted by Crippen LogP contribution is -2.63. The Labute approximate surface area is 131 Å². The van der Waals surface area contributed by atoms with Gasteiger partial charge in [-0.1, -0.05) is 19.8 Å². The van der Waals surface area contributed by atoms with E-state index in [4.69, 9.17) is 0 Å². The number of hydrogen-bond donors (Lipinski definition) is 1. The smallest absolute Gasteiger partial charge is 0.0255 e. The molecular formula is C18H35N3. The summed E-state index contributed by atoms with van der Waals surface area (Å²) in [6, 6.07) is 3.08. The van der Waals surface area contributed by atoms with E-state index in [2.05, 4.69) is 36.0 Å². The maximum Gasteiger partial charge on any atom is 0.0255 e. The van der Waals surface area contributed by atoms with Gasteiger partial charge >= 0.3 is 0 Å². The molecule has 21 heavy (non-hydrogen) atoms. The molecule has 0 spiro atoms. The first-order valence-electron chi connectivity index (χ1n) is 9.40. The van der Waals surface area contributed by atoms with E-state index < -0.39 is 0 Å². The van der Waals surface area contributed by atoms with Crippen LogP contribution in [0.15, 0.2) is 0 Å². The van der Waals surface area contributed by atoms with Crippen LogP contribution >= 0.6 is 0 Å². The minimum absolute atomic E-state index is 0.716. The molecule has 5 unspecified atom stereocenters. The van der Waals surface area contributed by atoms with Crippen LogP contribution in [0.5, 0.6) is 0 Å². The van der Waals surface area contributed by atoms with Crippen molar-refractivity contribution in [1.29, 1.82) is 0 Å². The van der Waals surface area contributed by atoms with Gasteiger partial charge in [0.15, 0.2) is 0 Å². The van der Waals surface area contributed by atoms with Crippen LogP contribution in [-0.4, -0.2) is 60.6 Å². The zero-order valence-corrected chi connectivity index (χ0v) is 14.4. The van der Waals surface area contributed by atoms with Gasteiger partial charge in [-0.2, -0.15) is 0 Å². The first kappa shape index (κ1) is 15.8. The summed E-state index contributed by atoms with van der Waals surface area (Å²) in [5, 5.41) is 3.64. The van der Waals surface area contributed by atoms with Crippen molar-refractivity contribution in [2.24, 2.45) is 5.92 Å². The molecule has 0 aromatic heterocycles. The number of fused-ring (bicyclic) bond motifs is 1. The fraction of sp³-hybridized carbons (Fsp3) is 1.00. The topological polar surface area (TPSA) is 18.5 Å². The van der Waals surface area contributed by atoms with Crippen molar-refractivity contribution in [2.75, 3.05) is 26.7 Å². The molecule has 2 aliphatic heterocycles. The molecule has 2 heterocycles. The van der Waals surface area contributed by atoms with Gasteiger partial charge in [-0.15, -0.1) is 0 Å². The van der Waals surface area contributed by atoms with E-state index in [1.54, 1.807) is 0 Å². The predicted molar refractivity (Wildman–Crippen MR) is 89.6 cm³/mol. The molecule has 0 amide bonds. The summed E-state index contributed by atoms with van der Waals surface area (Å²) < 4.78 is 0. The van der Waals surface area contributed by atoms with Crippen molar-refractivity contribution in [3.8, 4) is 0 Å². The summed E-state index contributed by atoms with van der Waals surface area (Å²) >= 11 is 0. The third kappa shape index (κ3) is 3.30. The Morgan fingerprint density at radius 2 is 2.00 bits per heavy atom. The summed E-state index contributed by atoms with van der Waals surface area (Å²) in [5.41, 5.74) is 0. The van der Waals surface area contributed by atoms with Crippen LogP contribution in [-0.2, 0) is 0 Å². The molecule has 1 N–H and O–H groups in total. The Balaban J connectivity index is 1.69. The van der Waals surface area contributed by atoms with Crippen molar-refractivity contribution in [3.05, 3.63) is 0 Å². The summed E-state index contributed by atoms with van der Waals surface area (Å²) in [7, 11) is 2.17. The molecule has 5 atom stereocenters. The molecule has 3 heteroatoms. The van der Waals surface area contributed by atoms with Gasteiger partial charge < -0.3 is 5.32 Å². The van der Waals surface area contributed by atoms with Crippen LogP contribution in [0.3, 0.4) is 0 Å². The standard InChI is InChI=1S/C18H35N3/c1-4-6-15-8-9-17(19-3)18(11-15)21-13-16-7-5-10-20(16)12-14(21)2/h14-19H,4-13H2,1-3H3. The van der Waals surface area contributed by atoms with Crippen LogP contribution in [0, 0.1) is 5.92 Å². The Morgan fingerprint density at radius 1 is 1.14 bits per heavy atom. The van der Waals surface area contributed by atoms with Gasteiger partial charge in [0, 0.05) is 37.3 Å². The summed E-state index contributed by atoms with van der Waals surface area (Å²) in [6.45, 7) is 8.78. The lowest BCUT2D eigenvalue weighted by molar-refractivity contribution is -0.00443. The second-order valence-corrected chi connectivity index (χ2v) is 7.77. The number of nitrogens with one attached hydrogen (secondary N) is 1. The SMILES string of the molecule is CCCC1CCC(NC)C(N2CC3CCCN3CC2C)C1. The van der Waals surface area contributed by atoms with Crippen molar-refractivity contribution in [3.63, 3.8) is 0 Å². The Kier molecular flexibility index (Phi) is 5.23. The monoisotopic (exact) mass is 293 g/mol. The second-order valence-electron chi connectivity index (χ2n) is 7.77. The minimum Gasteiger partial charge on any atom is -0.315 e. The average Bonchev–Trinajstić information content (AvgIpc) is 2.93. The highest BCUT2D eigenvalue weighted by Gasteiger charge is 2.41. The van der Waals surface area contributed by atoms with E-state index in [1.807, 2.05) is 0 Å². The molecule has 3 rings (SSSR count). The predicted octanol–water partition coefficient (Wildman–Crippen LogP) is 2.71. The first-order chi connectivity index (χ1) is 10.2. The molecule has 0 aromatic rings. The third-order valence-electron chi connectivity index (χ3n) is 6.40. The normalized spacial score (nSPS) is 42.1. The van der Waals surface area contributed by atoms with E-state index in [0.29, 0.717) is 6.04 Å². The summed E-state index contributed by atoms with van der Waals surface area (Å²) in [4.78, 5) is 5.64. The maximum atomic E-state index is 3.64. The molecule has 1 aliphatic carbocycles. The molecule has 122 valence electrons. The van der Waals surface area contributed by atoms with Crippen LogP contribution in [0.4, 0.5) is 0 Å². The third-order valence-corrected chi connectivity index (χ3v) is 6.40. The molecule has 0 aromatic carbocycles. The van der Waals surface area contributed by atoms with Gasteiger partial charge in [0.2, 0.25) is 0 Å². The highest BCUT2D eigenvalue weighted by atomic mass is 15.3. The fourth-order valence-corrected chi connectivity index (χ4v) is 5.28. The fourth-order valence-electron chi connectivity index (χ4n) is 5.28. The highest BCUT2D eigenvalue weighted by molar-refractivity contribution is 4.98. The number of hydrogen-bond acceptors (Lipinski definition) is 3. The van der Waals surface area contributed by atoms with Crippen molar-refractivity contribution in [2.45, 2.75) is 83.0 Å². The van der Waals surface area contributed by atoms with Gasteiger partial charge in [0.05, 0.1) is 0 Å². The van der Waals surface area contributed by atoms with Crippen LogP contribution in [0.1, 0.15) is 58.8 Å². The van der Waals surface area contributed by atoms with Gasteiger partial charge in [-0.3, -0.25) is 9.80 Å². The average molecular weight is 293 g/mol. The minimum atomic E-state index is 0.716. The van der Waals surface area contributed by atoms with Crippen molar-refractivity contribution < 1.29 is 0 Å². The molecular weight excluding hydrogens is 258 g/mol. The quantitative estimate of drug-likeness (QED) is 0.860. The Bertz CT molecular complexity index is 332. The molecule has 3 fully saturated rings.